The minimum absolute atomic E-state index is 0.0628. The Morgan fingerprint density at radius 3 is 2.39 bits per heavy atom. The first-order chi connectivity index (χ1) is 11.0. The number of rotatable bonds is 6. The topological polar surface area (TPSA) is 99.0 Å². The number of phenols is 3. The Balaban J connectivity index is 1.84. The molecule has 2 aromatic carbocycles. The zero-order chi connectivity index (χ0) is 16.8. The number of methoxy groups -OCH3 is 1. The molecule has 4 N–H and O–H groups in total. The molecule has 0 fully saturated rings. The molecular weight excluding hydrogens is 298 g/mol. The largest absolute Gasteiger partial charge is 0.504 e. The number of amides is 1. The molecule has 6 heteroatoms. The van der Waals surface area contributed by atoms with Crippen LogP contribution in [0, 0.1) is 0 Å². The van der Waals surface area contributed by atoms with Crippen molar-refractivity contribution in [2.45, 2.75) is 19.4 Å². The van der Waals surface area contributed by atoms with Crippen LogP contribution in [-0.2, 0) is 17.8 Å². The fraction of sp³-hybridized carbons (Fsp3) is 0.235. The summed E-state index contributed by atoms with van der Waals surface area (Å²) in [5.74, 6) is -0.103. The zero-order valence-electron chi connectivity index (χ0n) is 12.7. The Labute approximate surface area is 134 Å². The molecule has 2 rings (SSSR count). The zero-order valence-corrected chi connectivity index (χ0v) is 12.7. The molecule has 0 atom stereocenters. The second-order valence-electron chi connectivity index (χ2n) is 5.11. The van der Waals surface area contributed by atoms with Gasteiger partial charge in [0.15, 0.2) is 23.0 Å². The number of nitrogens with one attached hydrogen (secondary N) is 1. The molecule has 2 aromatic rings. The van der Waals surface area contributed by atoms with Crippen molar-refractivity contribution >= 4 is 5.91 Å². The van der Waals surface area contributed by atoms with Gasteiger partial charge in [-0.3, -0.25) is 4.79 Å². The molecule has 0 saturated carbocycles. The SMILES string of the molecule is COc1cc(CCC(=O)NCc2ccc(O)c(O)c2)ccc1O. The Morgan fingerprint density at radius 2 is 1.70 bits per heavy atom. The quantitative estimate of drug-likeness (QED) is 0.611. The molecule has 0 unspecified atom stereocenters. The number of aryl methyl sites for hydroxylation is 1. The normalized spacial score (nSPS) is 10.3. The summed E-state index contributed by atoms with van der Waals surface area (Å²) in [5, 5.41) is 30.9. The lowest BCUT2D eigenvalue weighted by molar-refractivity contribution is -0.121. The van der Waals surface area contributed by atoms with Crippen molar-refractivity contribution < 1.29 is 24.9 Å². The molecule has 0 radical (unpaired) electrons. The van der Waals surface area contributed by atoms with Gasteiger partial charge < -0.3 is 25.4 Å². The number of hydrogen-bond acceptors (Lipinski definition) is 5. The van der Waals surface area contributed by atoms with E-state index in [1.807, 2.05) is 0 Å². The van der Waals surface area contributed by atoms with Gasteiger partial charge in [-0.25, -0.2) is 0 Å². The maximum Gasteiger partial charge on any atom is 0.220 e. The van der Waals surface area contributed by atoms with Gasteiger partial charge in [0.2, 0.25) is 5.91 Å². The first-order valence-electron chi connectivity index (χ1n) is 7.13. The average molecular weight is 317 g/mol. The Kier molecular flexibility index (Phi) is 5.30. The summed E-state index contributed by atoms with van der Waals surface area (Å²) < 4.78 is 5.02. The van der Waals surface area contributed by atoms with Gasteiger partial charge in [0, 0.05) is 13.0 Å². The minimum atomic E-state index is -0.215. The molecule has 0 aliphatic carbocycles. The number of benzene rings is 2. The van der Waals surface area contributed by atoms with Gasteiger partial charge in [0.1, 0.15) is 0 Å². The van der Waals surface area contributed by atoms with E-state index in [0.717, 1.165) is 5.56 Å². The molecule has 0 aliphatic rings. The van der Waals surface area contributed by atoms with Gasteiger partial charge >= 0.3 is 0 Å². The smallest absolute Gasteiger partial charge is 0.220 e. The van der Waals surface area contributed by atoms with Crippen molar-refractivity contribution in [2.75, 3.05) is 7.11 Å². The first kappa shape index (κ1) is 16.5. The summed E-state index contributed by atoms with van der Waals surface area (Å²) >= 11 is 0. The second kappa shape index (κ2) is 7.40. The van der Waals surface area contributed by atoms with E-state index in [9.17, 15) is 20.1 Å². The molecule has 122 valence electrons. The van der Waals surface area contributed by atoms with Gasteiger partial charge in [0.25, 0.3) is 0 Å². The molecule has 0 saturated heterocycles. The van der Waals surface area contributed by atoms with Crippen molar-refractivity contribution in [1.82, 2.24) is 5.32 Å². The molecular formula is C17H19NO5. The van der Waals surface area contributed by atoms with E-state index >= 15 is 0 Å². The Hall–Kier alpha value is -2.89. The van der Waals surface area contributed by atoms with Gasteiger partial charge in [-0.15, -0.1) is 0 Å². The van der Waals surface area contributed by atoms with Crippen LogP contribution in [-0.4, -0.2) is 28.3 Å². The Bertz CT molecular complexity index is 699. The second-order valence-corrected chi connectivity index (χ2v) is 5.11. The summed E-state index contributed by atoms with van der Waals surface area (Å²) in [4.78, 5) is 11.9. The van der Waals surface area contributed by atoms with Crippen molar-refractivity contribution in [1.29, 1.82) is 0 Å². The van der Waals surface area contributed by atoms with Gasteiger partial charge in [-0.1, -0.05) is 12.1 Å². The van der Waals surface area contributed by atoms with Crippen LogP contribution >= 0.6 is 0 Å². The van der Waals surface area contributed by atoms with Gasteiger partial charge in [-0.05, 0) is 41.8 Å². The van der Waals surface area contributed by atoms with Crippen molar-refractivity contribution in [3.05, 3.63) is 47.5 Å². The predicted octanol–water partition coefficient (Wildman–Crippen LogP) is 2.06. The van der Waals surface area contributed by atoms with E-state index < -0.39 is 0 Å². The summed E-state index contributed by atoms with van der Waals surface area (Å²) in [5.41, 5.74) is 1.58. The van der Waals surface area contributed by atoms with Crippen LogP contribution < -0.4 is 10.1 Å². The molecule has 23 heavy (non-hydrogen) atoms. The number of hydrogen-bond donors (Lipinski definition) is 4. The summed E-state index contributed by atoms with van der Waals surface area (Å²) in [6, 6.07) is 9.37. The standard InChI is InChI=1S/C17H19NO5/c1-23-16-9-11(2-6-14(16)20)4-7-17(22)18-10-12-3-5-13(19)15(21)8-12/h2-3,5-6,8-9,19-21H,4,7,10H2,1H3,(H,18,22). The van der Waals surface area contributed by atoms with Crippen molar-refractivity contribution in [3.8, 4) is 23.0 Å². The lowest BCUT2D eigenvalue weighted by Gasteiger charge is -2.08. The van der Waals surface area contributed by atoms with E-state index in [-0.39, 0.29) is 36.1 Å². The number of carbonyl (C=O) groups is 1. The molecule has 0 aliphatic heterocycles. The number of aromatic hydroxyl groups is 3. The van der Waals surface area contributed by atoms with E-state index in [2.05, 4.69) is 5.32 Å². The lowest BCUT2D eigenvalue weighted by Crippen LogP contribution is -2.22. The summed E-state index contributed by atoms with van der Waals surface area (Å²) in [7, 11) is 1.47. The highest BCUT2D eigenvalue weighted by Gasteiger charge is 2.07. The van der Waals surface area contributed by atoms with Crippen LogP contribution in [0.4, 0.5) is 0 Å². The van der Waals surface area contributed by atoms with Gasteiger partial charge in [0.05, 0.1) is 7.11 Å². The number of carbonyl (C=O) groups excluding carboxylic acids is 1. The highest BCUT2D eigenvalue weighted by Crippen LogP contribution is 2.27. The van der Waals surface area contributed by atoms with E-state index in [1.165, 1.54) is 25.3 Å². The minimum Gasteiger partial charge on any atom is -0.504 e. The third kappa shape index (κ3) is 4.54. The molecule has 1 amide bonds. The number of phenolic OH excluding ortho intramolecular Hbond substituents is 3. The number of ether oxygens (including phenoxy) is 1. The van der Waals surface area contributed by atoms with Gasteiger partial charge in [-0.2, -0.15) is 0 Å². The Morgan fingerprint density at radius 1 is 1.00 bits per heavy atom. The van der Waals surface area contributed by atoms with E-state index in [0.29, 0.717) is 17.7 Å². The van der Waals surface area contributed by atoms with Crippen LogP contribution in [0.25, 0.3) is 0 Å². The summed E-state index contributed by atoms with van der Waals surface area (Å²) in [6.07, 6.45) is 0.807. The fourth-order valence-electron chi connectivity index (χ4n) is 2.10. The maximum absolute atomic E-state index is 11.9. The van der Waals surface area contributed by atoms with E-state index in [4.69, 9.17) is 4.74 Å². The van der Waals surface area contributed by atoms with Crippen LogP contribution in [0.3, 0.4) is 0 Å². The first-order valence-corrected chi connectivity index (χ1v) is 7.13. The lowest BCUT2D eigenvalue weighted by atomic mass is 10.1. The molecule has 0 spiro atoms. The van der Waals surface area contributed by atoms with E-state index in [1.54, 1.807) is 18.2 Å². The predicted molar refractivity (Wildman–Crippen MR) is 84.6 cm³/mol. The third-order valence-corrected chi connectivity index (χ3v) is 3.41. The molecule has 0 heterocycles. The van der Waals surface area contributed by atoms with Crippen LogP contribution in [0.15, 0.2) is 36.4 Å². The van der Waals surface area contributed by atoms with Crippen LogP contribution in [0.5, 0.6) is 23.0 Å². The highest BCUT2D eigenvalue weighted by atomic mass is 16.5. The monoisotopic (exact) mass is 317 g/mol. The highest BCUT2D eigenvalue weighted by molar-refractivity contribution is 5.76. The van der Waals surface area contributed by atoms with Crippen molar-refractivity contribution in [2.24, 2.45) is 0 Å². The molecule has 0 bridgehead atoms. The summed E-state index contributed by atoms with van der Waals surface area (Å²) in [6.45, 7) is 0.269. The van der Waals surface area contributed by atoms with Crippen LogP contribution in [0.1, 0.15) is 17.5 Å². The third-order valence-electron chi connectivity index (χ3n) is 3.41. The molecule has 0 aromatic heterocycles. The molecule has 6 nitrogen and oxygen atoms in total. The van der Waals surface area contributed by atoms with Crippen molar-refractivity contribution in [3.63, 3.8) is 0 Å². The fourth-order valence-corrected chi connectivity index (χ4v) is 2.10. The maximum atomic E-state index is 11.9. The van der Waals surface area contributed by atoms with Crippen LogP contribution in [0.2, 0.25) is 0 Å². The average Bonchev–Trinajstić information content (AvgIpc) is 2.55.